The molecule has 4 aromatic heterocycles. The molecule has 13 aromatic rings. The monoisotopic (exact) mass is 770 g/mol. The maximum Gasteiger partial charge on any atom is 0.164 e. The molecule has 0 aliphatic rings. The first kappa shape index (κ1) is 32.4. The Labute approximate surface area is 341 Å². The number of furan rings is 1. The lowest BCUT2D eigenvalue weighted by molar-refractivity contribution is 0.669. The van der Waals surface area contributed by atoms with Crippen molar-refractivity contribution in [3.8, 4) is 39.9 Å². The van der Waals surface area contributed by atoms with E-state index in [9.17, 15) is 0 Å². The van der Waals surface area contributed by atoms with Gasteiger partial charge in [0.25, 0.3) is 0 Å². The highest BCUT2D eigenvalue weighted by Crippen LogP contribution is 2.44. The number of hydrogen-bond acceptors (Lipinski definition) is 5. The molecule has 274 valence electrons. The van der Waals surface area contributed by atoms with Gasteiger partial charge in [-0.25, -0.2) is 15.0 Å². The lowest BCUT2D eigenvalue weighted by atomic mass is 10.0. The van der Waals surface area contributed by atoms with Crippen molar-refractivity contribution in [3.63, 3.8) is 0 Å². The van der Waals surface area contributed by atoms with Crippen LogP contribution in [0.2, 0.25) is 0 Å². The molecule has 0 unspecified atom stereocenters. The lowest BCUT2D eigenvalue weighted by Gasteiger charge is -2.14. The number of benzene rings is 9. The third-order valence-electron chi connectivity index (χ3n) is 11.8. The molecule has 4 heterocycles. The third kappa shape index (κ3) is 4.87. The summed E-state index contributed by atoms with van der Waals surface area (Å²) < 4.78 is 11.7. The van der Waals surface area contributed by atoms with Crippen molar-refractivity contribution in [3.05, 3.63) is 182 Å². The predicted molar refractivity (Wildman–Crippen MR) is 246 cm³/mol. The molecule has 0 saturated carbocycles. The molecule has 0 radical (unpaired) electrons. The molecular formula is C53H30N4OS. The fourth-order valence-electron chi connectivity index (χ4n) is 9.15. The Bertz CT molecular complexity index is 3860. The second-order valence-corrected chi connectivity index (χ2v) is 16.2. The molecule has 13 rings (SSSR count). The molecule has 6 heteroatoms. The van der Waals surface area contributed by atoms with Crippen molar-refractivity contribution < 1.29 is 4.42 Å². The molecule has 9 aromatic carbocycles. The Morgan fingerprint density at radius 2 is 1.08 bits per heavy atom. The Morgan fingerprint density at radius 3 is 1.95 bits per heavy atom. The first-order chi connectivity index (χ1) is 29.2. The van der Waals surface area contributed by atoms with Gasteiger partial charge in [-0.3, -0.25) is 0 Å². The molecule has 5 nitrogen and oxygen atoms in total. The van der Waals surface area contributed by atoms with Crippen LogP contribution in [0, 0.1) is 0 Å². The van der Waals surface area contributed by atoms with Gasteiger partial charge in [0.15, 0.2) is 17.5 Å². The maximum absolute atomic E-state index is 6.78. The summed E-state index contributed by atoms with van der Waals surface area (Å²) in [6.07, 6.45) is 0. The van der Waals surface area contributed by atoms with Crippen LogP contribution in [-0.4, -0.2) is 19.5 Å². The number of fused-ring (bicyclic) bond motifs is 12. The van der Waals surface area contributed by atoms with E-state index in [2.05, 4.69) is 156 Å². The summed E-state index contributed by atoms with van der Waals surface area (Å²) in [7, 11) is 0. The van der Waals surface area contributed by atoms with Gasteiger partial charge >= 0.3 is 0 Å². The Hall–Kier alpha value is -7.67. The van der Waals surface area contributed by atoms with Crippen molar-refractivity contribution in [2.75, 3.05) is 0 Å². The normalized spacial score (nSPS) is 12.1. The van der Waals surface area contributed by atoms with Crippen LogP contribution in [0.25, 0.3) is 125 Å². The average Bonchev–Trinajstić information content (AvgIpc) is 3.97. The summed E-state index contributed by atoms with van der Waals surface area (Å²) in [5.74, 6) is 1.82. The van der Waals surface area contributed by atoms with Crippen molar-refractivity contribution >= 4 is 96.8 Å². The largest absolute Gasteiger partial charge is 0.456 e. The fraction of sp³-hybridized carbons (Fsp3) is 0. The van der Waals surface area contributed by atoms with Gasteiger partial charge in [-0.15, -0.1) is 11.3 Å². The van der Waals surface area contributed by atoms with Gasteiger partial charge < -0.3 is 8.98 Å². The van der Waals surface area contributed by atoms with Crippen LogP contribution >= 0.6 is 11.3 Å². The zero-order valence-electron chi connectivity index (χ0n) is 31.4. The van der Waals surface area contributed by atoms with Gasteiger partial charge in [0.1, 0.15) is 11.2 Å². The molecular weight excluding hydrogens is 741 g/mol. The number of nitrogens with zero attached hydrogens (tertiary/aromatic N) is 4. The first-order valence-corrected chi connectivity index (χ1v) is 20.6. The molecule has 0 amide bonds. The minimum Gasteiger partial charge on any atom is -0.456 e. The van der Waals surface area contributed by atoms with E-state index >= 15 is 0 Å². The number of rotatable bonds is 4. The molecule has 0 saturated heterocycles. The van der Waals surface area contributed by atoms with Crippen molar-refractivity contribution in [2.24, 2.45) is 0 Å². The molecule has 0 atom stereocenters. The second kappa shape index (κ2) is 12.4. The van der Waals surface area contributed by atoms with E-state index in [0.717, 1.165) is 60.7 Å². The molecule has 0 bridgehead atoms. The fourth-order valence-corrected chi connectivity index (χ4v) is 10.3. The molecule has 0 spiro atoms. The summed E-state index contributed by atoms with van der Waals surface area (Å²) >= 11 is 1.79. The van der Waals surface area contributed by atoms with Crippen molar-refractivity contribution in [1.29, 1.82) is 0 Å². The number of thiophene rings is 1. The number of aromatic nitrogens is 4. The van der Waals surface area contributed by atoms with E-state index in [0.29, 0.717) is 17.5 Å². The van der Waals surface area contributed by atoms with Crippen molar-refractivity contribution in [2.45, 2.75) is 0 Å². The highest BCUT2D eigenvalue weighted by Gasteiger charge is 2.23. The molecule has 0 aliphatic heterocycles. The Balaban J connectivity index is 1.16. The van der Waals surface area contributed by atoms with Gasteiger partial charge in [0, 0.05) is 58.4 Å². The standard InChI is InChI=1S/C53H30N4OS/c1-2-14-32(15-3-1)51-54-52(56-53(55-51)40-21-12-24-47-48(40)39-20-9-11-23-46(39)59-47)35-29-43(49-38-19-8-10-22-44(38)58-45(49)30-35)57-42-28-34-17-5-4-16-33(34)27-41(42)37-26-25-31-13-6-7-18-36(31)50(37)57/h1-30H. The molecule has 0 aliphatic carbocycles. The minimum atomic E-state index is 0.574. The summed E-state index contributed by atoms with van der Waals surface area (Å²) in [4.78, 5) is 15.8. The van der Waals surface area contributed by atoms with Crippen LogP contribution in [0.1, 0.15) is 0 Å². The quantitative estimate of drug-likeness (QED) is 0.179. The average molecular weight is 771 g/mol. The SMILES string of the molecule is c1ccc(-c2nc(-c3cc(-n4c5cc6ccccc6cc5c5ccc6ccccc6c54)c4c(c3)oc3ccccc34)nc(-c3cccc4sc5ccccc5c34)n2)cc1. The first-order valence-electron chi connectivity index (χ1n) is 19.8. The maximum atomic E-state index is 6.78. The van der Waals surface area contributed by atoms with Crippen LogP contribution in [0.3, 0.4) is 0 Å². The highest BCUT2D eigenvalue weighted by molar-refractivity contribution is 7.25. The van der Waals surface area contributed by atoms with E-state index in [1.807, 2.05) is 30.3 Å². The summed E-state index contributed by atoms with van der Waals surface area (Å²) in [6.45, 7) is 0. The Morgan fingerprint density at radius 1 is 0.407 bits per heavy atom. The van der Waals surface area contributed by atoms with Crippen LogP contribution in [0.4, 0.5) is 0 Å². The van der Waals surface area contributed by atoms with E-state index in [1.54, 1.807) is 11.3 Å². The summed E-state index contributed by atoms with van der Waals surface area (Å²) in [5, 5.41) is 11.6. The highest BCUT2D eigenvalue weighted by atomic mass is 32.1. The zero-order valence-corrected chi connectivity index (χ0v) is 32.2. The summed E-state index contributed by atoms with van der Waals surface area (Å²) in [6, 6.07) is 64.4. The van der Waals surface area contributed by atoms with Gasteiger partial charge in [0.05, 0.1) is 22.1 Å². The van der Waals surface area contributed by atoms with E-state index < -0.39 is 0 Å². The van der Waals surface area contributed by atoms with Crippen LogP contribution in [-0.2, 0) is 0 Å². The number of hydrogen-bond donors (Lipinski definition) is 0. The predicted octanol–water partition coefficient (Wildman–Crippen LogP) is 14.5. The van der Waals surface area contributed by atoms with Gasteiger partial charge in [-0.05, 0) is 58.6 Å². The van der Waals surface area contributed by atoms with Crippen LogP contribution in [0.15, 0.2) is 186 Å². The minimum absolute atomic E-state index is 0.574. The van der Waals surface area contributed by atoms with E-state index in [1.165, 1.54) is 47.1 Å². The van der Waals surface area contributed by atoms with Crippen molar-refractivity contribution in [1.82, 2.24) is 19.5 Å². The molecule has 59 heavy (non-hydrogen) atoms. The smallest absolute Gasteiger partial charge is 0.164 e. The van der Waals surface area contributed by atoms with Crippen LogP contribution < -0.4 is 0 Å². The van der Waals surface area contributed by atoms with Gasteiger partial charge in [-0.1, -0.05) is 140 Å². The zero-order chi connectivity index (χ0) is 38.6. The van der Waals surface area contributed by atoms with Crippen LogP contribution in [0.5, 0.6) is 0 Å². The topological polar surface area (TPSA) is 56.7 Å². The summed E-state index contributed by atoms with van der Waals surface area (Å²) in [5.41, 5.74) is 7.61. The lowest BCUT2D eigenvalue weighted by Crippen LogP contribution is -2.02. The second-order valence-electron chi connectivity index (χ2n) is 15.2. The van der Waals surface area contributed by atoms with Gasteiger partial charge in [0.2, 0.25) is 0 Å². The number of para-hydroxylation sites is 1. The Kier molecular flexibility index (Phi) is 6.82. The molecule has 0 N–H and O–H groups in total. The third-order valence-corrected chi connectivity index (χ3v) is 12.9. The van der Waals surface area contributed by atoms with E-state index in [4.69, 9.17) is 19.4 Å². The van der Waals surface area contributed by atoms with E-state index in [-0.39, 0.29) is 0 Å². The van der Waals surface area contributed by atoms with Gasteiger partial charge in [-0.2, -0.15) is 0 Å². The molecule has 0 fully saturated rings.